The highest BCUT2D eigenvalue weighted by Gasteiger charge is 1.98. The molecule has 5 heteroatoms. The van der Waals surface area contributed by atoms with E-state index in [0.29, 0.717) is 0 Å². The lowest BCUT2D eigenvalue weighted by molar-refractivity contribution is 0.768. The van der Waals surface area contributed by atoms with E-state index in [0.717, 1.165) is 12.2 Å². The first-order valence-electron chi connectivity index (χ1n) is 4.19. The van der Waals surface area contributed by atoms with Gasteiger partial charge in [-0.2, -0.15) is 5.10 Å². The van der Waals surface area contributed by atoms with Gasteiger partial charge in [-0.15, -0.1) is 11.3 Å². The summed E-state index contributed by atoms with van der Waals surface area (Å²) in [5, 5.41) is 9.51. The first-order valence-corrected chi connectivity index (χ1v) is 5.87. The van der Waals surface area contributed by atoms with E-state index in [2.05, 4.69) is 37.8 Å². The summed E-state index contributed by atoms with van der Waals surface area (Å²) in [6, 6.07) is 2.12. The smallest absolute Gasteiger partial charge is 0.0729 e. The van der Waals surface area contributed by atoms with Crippen LogP contribution in [0.5, 0.6) is 0 Å². The zero-order valence-corrected chi connectivity index (χ0v) is 10.1. The minimum Gasteiger partial charge on any atom is -0.378 e. The van der Waals surface area contributed by atoms with Crippen LogP contribution in [0.15, 0.2) is 27.6 Å². The van der Waals surface area contributed by atoms with E-state index < -0.39 is 0 Å². The third-order valence-electron chi connectivity index (χ3n) is 1.82. The summed E-state index contributed by atoms with van der Waals surface area (Å²) in [6.45, 7) is 0.841. The third-order valence-corrected chi connectivity index (χ3v) is 3.38. The number of aryl methyl sites for hydroxylation is 1. The third kappa shape index (κ3) is 2.36. The molecule has 0 saturated heterocycles. The average molecular weight is 272 g/mol. The number of nitrogens with zero attached hydrogens (tertiary/aromatic N) is 2. The number of aromatic nitrogens is 2. The van der Waals surface area contributed by atoms with Crippen LogP contribution in [0.3, 0.4) is 0 Å². The Kier molecular flexibility index (Phi) is 2.88. The molecule has 0 atom stereocenters. The number of halogens is 1. The van der Waals surface area contributed by atoms with E-state index >= 15 is 0 Å². The molecule has 2 heterocycles. The number of thiophene rings is 1. The van der Waals surface area contributed by atoms with Gasteiger partial charge in [0.1, 0.15) is 0 Å². The van der Waals surface area contributed by atoms with Gasteiger partial charge in [0.05, 0.1) is 15.7 Å². The van der Waals surface area contributed by atoms with Crippen molar-refractivity contribution in [1.82, 2.24) is 9.78 Å². The molecule has 14 heavy (non-hydrogen) atoms. The summed E-state index contributed by atoms with van der Waals surface area (Å²) < 4.78 is 2.95. The van der Waals surface area contributed by atoms with Gasteiger partial charge >= 0.3 is 0 Å². The molecule has 0 bridgehead atoms. The van der Waals surface area contributed by atoms with Crippen molar-refractivity contribution < 1.29 is 0 Å². The molecule has 0 unspecified atom stereocenters. The van der Waals surface area contributed by atoms with Crippen LogP contribution < -0.4 is 5.32 Å². The summed E-state index contributed by atoms with van der Waals surface area (Å²) in [4.78, 5) is 0. The topological polar surface area (TPSA) is 29.9 Å². The predicted molar refractivity (Wildman–Crippen MR) is 62.6 cm³/mol. The van der Waals surface area contributed by atoms with Crippen molar-refractivity contribution in [3.63, 3.8) is 0 Å². The minimum atomic E-state index is 0.841. The maximum Gasteiger partial charge on any atom is 0.0729 e. The van der Waals surface area contributed by atoms with Crippen molar-refractivity contribution in [1.29, 1.82) is 0 Å². The highest BCUT2D eigenvalue weighted by atomic mass is 79.9. The molecule has 74 valence electrons. The SMILES string of the molecule is Cn1cc(NCc2csc(Br)c2)cn1. The molecule has 0 radical (unpaired) electrons. The largest absolute Gasteiger partial charge is 0.378 e. The van der Waals surface area contributed by atoms with Crippen molar-refractivity contribution in [2.45, 2.75) is 6.54 Å². The number of hydrogen-bond donors (Lipinski definition) is 1. The fourth-order valence-corrected chi connectivity index (χ4v) is 2.36. The first-order chi connectivity index (χ1) is 6.74. The van der Waals surface area contributed by atoms with Crippen molar-refractivity contribution in [2.24, 2.45) is 7.05 Å². The highest BCUT2D eigenvalue weighted by Crippen LogP contribution is 2.21. The van der Waals surface area contributed by atoms with Gasteiger partial charge in [-0.05, 0) is 32.9 Å². The summed E-state index contributed by atoms with van der Waals surface area (Å²) >= 11 is 5.14. The van der Waals surface area contributed by atoms with Gasteiger partial charge < -0.3 is 5.32 Å². The average Bonchev–Trinajstić information content (AvgIpc) is 2.72. The Balaban J connectivity index is 1.94. The molecule has 0 fully saturated rings. The Labute approximate surface area is 94.9 Å². The molecular weight excluding hydrogens is 262 g/mol. The van der Waals surface area contributed by atoms with Crippen LogP contribution in [0, 0.1) is 0 Å². The van der Waals surface area contributed by atoms with Crippen LogP contribution in [0.1, 0.15) is 5.56 Å². The quantitative estimate of drug-likeness (QED) is 0.931. The fraction of sp³-hybridized carbons (Fsp3) is 0.222. The van der Waals surface area contributed by atoms with E-state index in [4.69, 9.17) is 0 Å². The lowest BCUT2D eigenvalue weighted by Gasteiger charge is -1.99. The molecule has 0 spiro atoms. The maximum atomic E-state index is 4.08. The lowest BCUT2D eigenvalue weighted by atomic mass is 10.3. The van der Waals surface area contributed by atoms with Gasteiger partial charge in [0.25, 0.3) is 0 Å². The van der Waals surface area contributed by atoms with E-state index in [1.165, 1.54) is 9.35 Å². The van der Waals surface area contributed by atoms with Gasteiger partial charge in [0.2, 0.25) is 0 Å². The first kappa shape index (κ1) is 9.73. The van der Waals surface area contributed by atoms with Crippen LogP contribution in [0.4, 0.5) is 5.69 Å². The summed E-state index contributed by atoms with van der Waals surface area (Å²) in [6.07, 6.45) is 3.78. The number of rotatable bonds is 3. The molecule has 0 aliphatic heterocycles. The van der Waals surface area contributed by atoms with Crippen LogP contribution in [0.25, 0.3) is 0 Å². The molecule has 0 saturated carbocycles. The second kappa shape index (κ2) is 4.14. The molecule has 0 aliphatic rings. The molecule has 1 N–H and O–H groups in total. The van der Waals surface area contributed by atoms with Crippen molar-refractivity contribution in [3.05, 3.63) is 33.2 Å². The molecule has 2 rings (SSSR count). The second-order valence-corrected chi connectivity index (χ2v) is 5.31. The molecule has 0 amide bonds. The van der Waals surface area contributed by atoms with Crippen molar-refractivity contribution in [3.8, 4) is 0 Å². The van der Waals surface area contributed by atoms with Gasteiger partial charge in [-0.25, -0.2) is 0 Å². The monoisotopic (exact) mass is 271 g/mol. The summed E-state index contributed by atoms with van der Waals surface area (Å²) in [7, 11) is 1.91. The molecule has 3 nitrogen and oxygen atoms in total. The predicted octanol–water partition coefficient (Wildman–Crippen LogP) is 2.86. The number of nitrogens with one attached hydrogen (secondary N) is 1. The maximum absolute atomic E-state index is 4.08. The highest BCUT2D eigenvalue weighted by molar-refractivity contribution is 9.11. The molecular formula is C9H10BrN3S. The molecule has 0 aromatic carbocycles. The van der Waals surface area contributed by atoms with Gasteiger partial charge in [-0.3, -0.25) is 4.68 Å². The van der Waals surface area contributed by atoms with Crippen LogP contribution in [0.2, 0.25) is 0 Å². The van der Waals surface area contributed by atoms with Crippen molar-refractivity contribution in [2.75, 3.05) is 5.32 Å². The van der Waals surface area contributed by atoms with E-state index in [1.807, 2.05) is 19.4 Å². The van der Waals surface area contributed by atoms with Gasteiger partial charge in [-0.1, -0.05) is 0 Å². The normalized spacial score (nSPS) is 10.4. The zero-order chi connectivity index (χ0) is 9.97. The Bertz CT molecular complexity index is 381. The lowest BCUT2D eigenvalue weighted by Crippen LogP contribution is -1.96. The van der Waals surface area contributed by atoms with Crippen LogP contribution >= 0.6 is 27.3 Å². The Morgan fingerprint density at radius 3 is 3.07 bits per heavy atom. The zero-order valence-electron chi connectivity index (χ0n) is 7.70. The molecule has 2 aromatic rings. The van der Waals surface area contributed by atoms with Crippen molar-refractivity contribution >= 4 is 33.0 Å². The van der Waals surface area contributed by atoms with Gasteiger partial charge in [0, 0.05) is 19.8 Å². The Hall–Kier alpha value is -0.810. The van der Waals surface area contributed by atoms with E-state index in [9.17, 15) is 0 Å². The van der Waals surface area contributed by atoms with Gasteiger partial charge in [0.15, 0.2) is 0 Å². The molecule has 0 aliphatic carbocycles. The Morgan fingerprint density at radius 2 is 2.50 bits per heavy atom. The standard InChI is InChI=1S/C9H10BrN3S/c1-13-5-8(4-12-13)11-3-7-2-9(10)14-6-7/h2,4-6,11H,3H2,1H3. The summed E-state index contributed by atoms with van der Waals surface area (Å²) in [5.74, 6) is 0. The van der Waals surface area contributed by atoms with Crippen LogP contribution in [-0.2, 0) is 13.6 Å². The number of anilines is 1. The molecule has 2 aromatic heterocycles. The van der Waals surface area contributed by atoms with E-state index in [1.54, 1.807) is 16.0 Å². The van der Waals surface area contributed by atoms with E-state index in [-0.39, 0.29) is 0 Å². The Morgan fingerprint density at radius 1 is 1.64 bits per heavy atom. The minimum absolute atomic E-state index is 0.841. The number of hydrogen-bond acceptors (Lipinski definition) is 3. The summed E-state index contributed by atoms with van der Waals surface area (Å²) in [5.41, 5.74) is 2.33. The van der Waals surface area contributed by atoms with Crippen LogP contribution in [-0.4, -0.2) is 9.78 Å². The fourth-order valence-electron chi connectivity index (χ4n) is 1.16. The second-order valence-electron chi connectivity index (χ2n) is 3.02.